The molecule has 2 aliphatic rings. The molecule has 0 radical (unpaired) electrons. The summed E-state index contributed by atoms with van der Waals surface area (Å²) in [6, 6.07) is 7.01. The van der Waals surface area contributed by atoms with E-state index in [4.69, 9.17) is 19.8 Å². The fraction of sp³-hybridized carbons (Fsp3) is 0.571. The Kier molecular flexibility index (Phi) is 9.17. The average molecular weight is 470 g/mol. The standard InChI is InChI=1S/C19H29N3O3S.C2H2O4/c1-15-3-7-18(8-4-15)21-11-13-22(14-12-21)26(24,25)19-9-5-17(6-10-19)20-16(2)23;3-1(4)2(5)6/h5-6,9-10,15,18H,3-4,7-8,11-14H2,1-2H3,(H,20,23);(H,3,4)(H,5,6). The summed E-state index contributed by atoms with van der Waals surface area (Å²) in [6.07, 6.45) is 5.03. The number of piperazine rings is 1. The molecule has 11 heteroatoms. The number of carbonyl (C=O) groups is 3. The van der Waals surface area contributed by atoms with Crippen LogP contribution in [-0.2, 0) is 24.4 Å². The lowest BCUT2D eigenvalue weighted by atomic mass is 9.86. The third kappa shape index (κ3) is 7.28. The average Bonchev–Trinajstić information content (AvgIpc) is 2.75. The van der Waals surface area contributed by atoms with Gasteiger partial charge in [0.2, 0.25) is 15.9 Å². The van der Waals surface area contributed by atoms with Gasteiger partial charge in [0.15, 0.2) is 0 Å². The molecular weight excluding hydrogens is 438 g/mol. The monoisotopic (exact) mass is 469 g/mol. The second-order valence-corrected chi connectivity index (χ2v) is 10.1. The van der Waals surface area contributed by atoms with Gasteiger partial charge in [-0.15, -0.1) is 0 Å². The number of nitrogens with one attached hydrogen (secondary N) is 1. The largest absolute Gasteiger partial charge is 0.473 e. The highest BCUT2D eigenvalue weighted by molar-refractivity contribution is 7.89. The van der Waals surface area contributed by atoms with E-state index < -0.39 is 22.0 Å². The maximum atomic E-state index is 12.9. The molecule has 3 rings (SSSR count). The first-order valence-electron chi connectivity index (χ1n) is 10.6. The molecule has 32 heavy (non-hydrogen) atoms. The number of rotatable bonds is 4. The first-order valence-corrected chi connectivity index (χ1v) is 12.0. The van der Waals surface area contributed by atoms with Crippen molar-refractivity contribution >= 4 is 33.6 Å². The van der Waals surface area contributed by atoms with Crippen LogP contribution in [0.5, 0.6) is 0 Å². The van der Waals surface area contributed by atoms with E-state index >= 15 is 0 Å². The Balaban J connectivity index is 0.000000534. The van der Waals surface area contributed by atoms with E-state index in [-0.39, 0.29) is 10.8 Å². The molecule has 1 aromatic carbocycles. The zero-order chi connectivity index (χ0) is 23.9. The van der Waals surface area contributed by atoms with Crippen LogP contribution in [0.3, 0.4) is 0 Å². The summed E-state index contributed by atoms with van der Waals surface area (Å²) in [6.45, 7) is 6.45. The van der Waals surface area contributed by atoms with E-state index in [0.717, 1.165) is 19.0 Å². The summed E-state index contributed by atoms with van der Waals surface area (Å²) in [4.78, 5) is 32.0. The van der Waals surface area contributed by atoms with Gasteiger partial charge in [-0.1, -0.05) is 6.92 Å². The summed E-state index contributed by atoms with van der Waals surface area (Å²) in [7, 11) is -3.48. The SMILES string of the molecule is CC(=O)Nc1ccc(S(=O)(=O)N2CCN(C3CCC(C)CC3)CC2)cc1.O=C(O)C(=O)O. The highest BCUT2D eigenvalue weighted by Crippen LogP contribution is 2.28. The van der Waals surface area contributed by atoms with Crippen LogP contribution < -0.4 is 5.32 Å². The molecule has 0 spiro atoms. The topological polar surface area (TPSA) is 144 Å². The first-order chi connectivity index (χ1) is 15.0. The second kappa shape index (κ2) is 11.4. The lowest BCUT2D eigenvalue weighted by Gasteiger charge is -2.41. The third-order valence-electron chi connectivity index (χ3n) is 5.77. The Bertz CT molecular complexity index is 890. The smallest absolute Gasteiger partial charge is 0.414 e. The summed E-state index contributed by atoms with van der Waals surface area (Å²) in [5, 5.41) is 17.4. The van der Waals surface area contributed by atoms with Crippen LogP contribution in [0.1, 0.15) is 39.5 Å². The van der Waals surface area contributed by atoms with Gasteiger partial charge in [0.05, 0.1) is 4.90 Å². The molecule has 0 atom stereocenters. The van der Waals surface area contributed by atoms with E-state index in [1.165, 1.54) is 32.6 Å². The van der Waals surface area contributed by atoms with Crippen molar-refractivity contribution in [2.75, 3.05) is 31.5 Å². The Morgan fingerprint density at radius 3 is 1.84 bits per heavy atom. The van der Waals surface area contributed by atoms with E-state index in [9.17, 15) is 13.2 Å². The number of amides is 1. The molecule has 0 bridgehead atoms. The zero-order valence-electron chi connectivity index (χ0n) is 18.4. The highest BCUT2D eigenvalue weighted by atomic mass is 32.2. The quantitative estimate of drug-likeness (QED) is 0.565. The molecule has 1 heterocycles. The van der Waals surface area contributed by atoms with Crippen molar-refractivity contribution < 1.29 is 33.0 Å². The van der Waals surface area contributed by atoms with Crippen LogP contribution in [0.4, 0.5) is 5.69 Å². The molecule has 10 nitrogen and oxygen atoms in total. The predicted octanol–water partition coefficient (Wildman–Crippen LogP) is 1.69. The molecule has 1 aliphatic carbocycles. The van der Waals surface area contributed by atoms with Crippen LogP contribution in [0.25, 0.3) is 0 Å². The number of carboxylic acids is 2. The van der Waals surface area contributed by atoms with Crippen molar-refractivity contribution in [2.24, 2.45) is 5.92 Å². The van der Waals surface area contributed by atoms with Gasteiger partial charge >= 0.3 is 11.9 Å². The molecule has 2 fully saturated rings. The van der Waals surface area contributed by atoms with Gasteiger partial charge in [-0.3, -0.25) is 9.69 Å². The summed E-state index contributed by atoms with van der Waals surface area (Å²) < 4.78 is 27.3. The molecule has 1 aliphatic heterocycles. The number of carbonyl (C=O) groups excluding carboxylic acids is 1. The fourth-order valence-electron chi connectivity index (χ4n) is 3.98. The van der Waals surface area contributed by atoms with Gasteiger partial charge in [0, 0.05) is 44.8 Å². The number of benzene rings is 1. The fourth-order valence-corrected chi connectivity index (χ4v) is 5.40. The third-order valence-corrected chi connectivity index (χ3v) is 7.68. The summed E-state index contributed by atoms with van der Waals surface area (Å²) in [5.41, 5.74) is 0.604. The molecule has 1 aromatic rings. The zero-order valence-corrected chi connectivity index (χ0v) is 19.2. The van der Waals surface area contributed by atoms with E-state index in [1.807, 2.05) is 0 Å². The van der Waals surface area contributed by atoms with Gasteiger partial charge in [-0.2, -0.15) is 4.31 Å². The molecule has 178 valence electrons. The van der Waals surface area contributed by atoms with Gasteiger partial charge in [0.25, 0.3) is 0 Å². The second-order valence-electron chi connectivity index (χ2n) is 8.17. The number of nitrogens with zero attached hydrogens (tertiary/aromatic N) is 2. The Hall–Kier alpha value is -2.50. The molecule has 3 N–H and O–H groups in total. The van der Waals surface area contributed by atoms with Crippen molar-refractivity contribution in [1.29, 1.82) is 0 Å². The Morgan fingerprint density at radius 1 is 0.906 bits per heavy atom. The van der Waals surface area contributed by atoms with Gasteiger partial charge in [-0.25, -0.2) is 18.0 Å². The minimum Gasteiger partial charge on any atom is -0.473 e. The van der Waals surface area contributed by atoms with Crippen LogP contribution in [0, 0.1) is 5.92 Å². The van der Waals surface area contributed by atoms with Crippen molar-refractivity contribution in [1.82, 2.24) is 9.21 Å². The highest BCUT2D eigenvalue weighted by Gasteiger charge is 2.32. The summed E-state index contributed by atoms with van der Waals surface area (Å²) in [5.74, 6) is -2.99. The molecule has 0 unspecified atom stereocenters. The number of anilines is 1. The van der Waals surface area contributed by atoms with Crippen LogP contribution >= 0.6 is 0 Å². The van der Waals surface area contributed by atoms with E-state index in [0.29, 0.717) is 24.8 Å². The van der Waals surface area contributed by atoms with E-state index in [2.05, 4.69) is 17.1 Å². The van der Waals surface area contributed by atoms with Crippen molar-refractivity contribution in [3.63, 3.8) is 0 Å². The number of hydrogen-bond acceptors (Lipinski definition) is 6. The maximum absolute atomic E-state index is 12.9. The molecule has 1 saturated heterocycles. The van der Waals surface area contributed by atoms with Gasteiger partial charge in [0.1, 0.15) is 0 Å². The minimum atomic E-state index is -3.48. The van der Waals surface area contributed by atoms with Gasteiger partial charge in [-0.05, 0) is 55.9 Å². The molecular formula is C21H31N3O7S. The number of sulfonamides is 1. The van der Waals surface area contributed by atoms with Crippen molar-refractivity contribution in [2.45, 2.75) is 50.5 Å². The first kappa shape index (κ1) is 25.8. The van der Waals surface area contributed by atoms with Crippen molar-refractivity contribution in [3.05, 3.63) is 24.3 Å². The number of aliphatic carboxylic acids is 2. The number of carboxylic acid groups (broad SMARTS) is 2. The van der Waals surface area contributed by atoms with Crippen LogP contribution in [-0.4, -0.2) is 77.9 Å². The lowest BCUT2D eigenvalue weighted by molar-refractivity contribution is -0.159. The minimum absolute atomic E-state index is 0.172. The Labute approximate surface area is 188 Å². The number of hydrogen-bond donors (Lipinski definition) is 3. The predicted molar refractivity (Wildman–Crippen MR) is 118 cm³/mol. The van der Waals surface area contributed by atoms with Crippen LogP contribution in [0.2, 0.25) is 0 Å². The van der Waals surface area contributed by atoms with Gasteiger partial charge < -0.3 is 15.5 Å². The van der Waals surface area contributed by atoms with Crippen LogP contribution in [0.15, 0.2) is 29.2 Å². The Morgan fingerprint density at radius 2 is 1.41 bits per heavy atom. The maximum Gasteiger partial charge on any atom is 0.414 e. The normalized spacial score (nSPS) is 22.3. The molecule has 0 aromatic heterocycles. The van der Waals surface area contributed by atoms with Crippen molar-refractivity contribution in [3.8, 4) is 0 Å². The molecule has 1 amide bonds. The summed E-state index contributed by atoms with van der Waals surface area (Å²) >= 11 is 0. The van der Waals surface area contributed by atoms with E-state index in [1.54, 1.807) is 28.6 Å². The lowest BCUT2D eigenvalue weighted by Crippen LogP contribution is -2.52. The molecule has 1 saturated carbocycles.